The average molecular weight is 380 g/mol. The van der Waals surface area contributed by atoms with Gasteiger partial charge in [0.25, 0.3) is 0 Å². The van der Waals surface area contributed by atoms with Crippen LogP contribution in [0.2, 0.25) is 0 Å². The predicted molar refractivity (Wildman–Crippen MR) is 102 cm³/mol. The van der Waals surface area contributed by atoms with Crippen molar-refractivity contribution in [3.05, 3.63) is 17.5 Å². The summed E-state index contributed by atoms with van der Waals surface area (Å²) >= 11 is 0. The Hall–Kier alpha value is -1.57. The quantitative estimate of drug-likeness (QED) is 0.762. The van der Waals surface area contributed by atoms with Crippen LogP contribution in [0.4, 0.5) is 5.69 Å². The van der Waals surface area contributed by atoms with E-state index in [2.05, 4.69) is 4.98 Å². The standard InChI is InChI=1S/C20H32N2O5/c1-7-24-18(23)15-14(21)13(9-22-15)12-8-11(10-25-19(2,3)4)16-17(12)27-20(5,6)26-16/h9,11-12,16-17,22H,7-8,10,21H2,1-6H3/t11-,12+,16-,17+/m1/s1. The van der Waals surface area contributed by atoms with Crippen LogP contribution in [-0.4, -0.2) is 47.8 Å². The number of esters is 1. The number of hydrogen-bond acceptors (Lipinski definition) is 6. The number of anilines is 1. The third-order valence-corrected chi connectivity index (χ3v) is 5.14. The van der Waals surface area contributed by atoms with E-state index in [0.717, 1.165) is 12.0 Å². The minimum Gasteiger partial charge on any atom is -0.461 e. The SMILES string of the molecule is CCOC(=O)c1[nH]cc([C@@H]2C[C@H](COC(C)(C)C)[C@H]3OC(C)(C)O[C@H]32)c1N. The fourth-order valence-electron chi connectivity index (χ4n) is 4.04. The molecule has 2 aliphatic rings. The fraction of sp³-hybridized carbons (Fsp3) is 0.750. The maximum atomic E-state index is 12.1. The molecule has 1 aliphatic carbocycles. The summed E-state index contributed by atoms with van der Waals surface area (Å²) in [6.45, 7) is 12.6. The van der Waals surface area contributed by atoms with Crippen LogP contribution in [0.15, 0.2) is 6.20 Å². The number of ether oxygens (including phenoxy) is 4. The van der Waals surface area contributed by atoms with Gasteiger partial charge in [-0.25, -0.2) is 4.79 Å². The number of carbonyl (C=O) groups is 1. The van der Waals surface area contributed by atoms with Crippen LogP contribution in [-0.2, 0) is 18.9 Å². The van der Waals surface area contributed by atoms with Crippen molar-refractivity contribution in [2.24, 2.45) is 5.92 Å². The van der Waals surface area contributed by atoms with Gasteiger partial charge in [-0.15, -0.1) is 0 Å². The van der Waals surface area contributed by atoms with E-state index < -0.39 is 11.8 Å². The van der Waals surface area contributed by atoms with E-state index in [9.17, 15) is 4.79 Å². The van der Waals surface area contributed by atoms with Crippen LogP contribution in [0.3, 0.4) is 0 Å². The number of nitrogens with two attached hydrogens (primary N) is 1. The fourth-order valence-corrected chi connectivity index (χ4v) is 4.04. The normalized spacial score (nSPS) is 29.7. The lowest BCUT2D eigenvalue weighted by molar-refractivity contribution is -0.162. The summed E-state index contributed by atoms with van der Waals surface area (Å²) in [6, 6.07) is 0. The molecule has 1 saturated heterocycles. The van der Waals surface area contributed by atoms with Gasteiger partial charge in [0.2, 0.25) is 0 Å². The van der Waals surface area contributed by atoms with Crippen LogP contribution in [0.25, 0.3) is 0 Å². The van der Waals surface area contributed by atoms with Crippen molar-refractivity contribution in [2.75, 3.05) is 18.9 Å². The van der Waals surface area contributed by atoms with Crippen molar-refractivity contribution in [1.82, 2.24) is 4.98 Å². The second-order valence-electron chi connectivity index (χ2n) is 8.84. The average Bonchev–Trinajstić information content (AvgIpc) is 3.16. The Bertz CT molecular complexity index is 691. The molecule has 2 fully saturated rings. The first-order valence-electron chi connectivity index (χ1n) is 9.66. The Morgan fingerprint density at radius 3 is 2.63 bits per heavy atom. The van der Waals surface area contributed by atoms with Crippen molar-refractivity contribution in [2.45, 2.75) is 77.5 Å². The number of carbonyl (C=O) groups excluding carboxylic acids is 1. The third-order valence-electron chi connectivity index (χ3n) is 5.14. The second-order valence-corrected chi connectivity index (χ2v) is 8.84. The molecule has 1 saturated carbocycles. The lowest BCUT2D eigenvalue weighted by atomic mass is 9.95. The van der Waals surface area contributed by atoms with Crippen LogP contribution in [0.1, 0.15) is 69.9 Å². The highest BCUT2D eigenvalue weighted by Gasteiger charge is 2.55. The number of aromatic amines is 1. The summed E-state index contributed by atoms with van der Waals surface area (Å²) in [7, 11) is 0. The number of nitrogens with one attached hydrogen (secondary N) is 1. The molecule has 27 heavy (non-hydrogen) atoms. The van der Waals surface area contributed by atoms with E-state index in [1.807, 2.05) is 34.6 Å². The van der Waals surface area contributed by atoms with E-state index >= 15 is 0 Å². The number of rotatable bonds is 5. The summed E-state index contributed by atoms with van der Waals surface area (Å²) < 4.78 is 23.5. The summed E-state index contributed by atoms with van der Waals surface area (Å²) in [5, 5.41) is 0. The van der Waals surface area contributed by atoms with Crippen molar-refractivity contribution >= 4 is 11.7 Å². The maximum Gasteiger partial charge on any atom is 0.356 e. The first kappa shape index (κ1) is 20.2. The molecule has 1 aromatic heterocycles. The zero-order chi connectivity index (χ0) is 20.0. The molecule has 7 heteroatoms. The maximum absolute atomic E-state index is 12.1. The van der Waals surface area contributed by atoms with Crippen LogP contribution >= 0.6 is 0 Å². The smallest absolute Gasteiger partial charge is 0.356 e. The zero-order valence-corrected chi connectivity index (χ0v) is 17.1. The van der Waals surface area contributed by atoms with Gasteiger partial charge in [0.05, 0.1) is 36.7 Å². The Morgan fingerprint density at radius 2 is 2.00 bits per heavy atom. The number of fused-ring (bicyclic) bond motifs is 1. The topological polar surface area (TPSA) is 95.8 Å². The van der Waals surface area contributed by atoms with Crippen molar-refractivity contribution in [1.29, 1.82) is 0 Å². The molecule has 0 radical (unpaired) electrons. The first-order valence-corrected chi connectivity index (χ1v) is 9.66. The molecule has 1 aromatic rings. The molecule has 7 nitrogen and oxygen atoms in total. The van der Waals surface area contributed by atoms with Gasteiger partial charge in [0.15, 0.2) is 5.79 Å². The molecule has 3 rings (SSSR count). The molecular formula is C20H32N2O5. The van der Waals surface area contributed by atoms with Crippen molar-refractivity contribution < 1.29 is 23.7 Å². The molecule has 152 valence electrons. The molecule has 0 unspecified atom stereocenters. The van der Waals surface area contributed by atoms with E-state index in [0.29, 0.717) is 24.6 Å². The van der Waals surface area contributed by atoms with Crippen LogP contribution in [0, 0.1) is 5.92 Å². The monoisotopic (exact) mass is 380 g/mol. The van der Waals surface area contributed by atoms with Gasteiger partial charge in [0.1, 0.15) is 5.69 Å². The van der Waals surface area contributed by atoms with Gasteiger partial charge < -0.3 is 29.7 Å². The lowest BCUT2D eigenvalue weighted by Crippen LogP contribution is -2.31. The molecular weight excluding hydrogens is 348 g/mol. The minimum atomic E-state index is -0.650. The first-order chi connectivity index (χ1) is 12.5. The van der Waals surface area contributed by atoms with E-state index in [1.54, 1.807) is 13.1 Å². The molecule has 0 bridgehead atoms. The Balaban J connectivity index is 1.84. The highest BCUT2D eigenvalue weighted by molar-refractivity contribution is 5.94. The molecule has 1 aliphatic heterocycles. The Labute approximate surface area is 160 Å². The van der Waals surface area contributed by atoms with Crippen LogP contribution in [0.5, 0.6) is 0 Å². The molecule has 0 spiro atoms. The van der Waals surface area contributed by atoms with E-state index in [1.165, 1.54) is 0 Å². The second kappa shape index (κ2) is 7.11. The van der Waals surface area contributed by atoms with Gasteiger partial charge in [-0.3, -0.25) is 0 Å². The van der Waals surface area contributed by atoms with Crippen LogP contribution < -0.4 is 5.73 Å². The number of aromatic nitrogens is 1. The van der Waals surface area contributed by atoms with Crippen molar-refractivity contribution in [3.8, 4) is 0 Å². The molecule has 4 atom stereocenters. The minimum absolute atomic E-state index is 0.0322. The third kappa shape index (κ3) is 4.15. The highest BCUT2D eigenvalue weighted by atomic mass is 16.8. The Morgan fingerprint density at radius 1 is 1.33 bits per heavy atom. The van der Waals surface area contributed by atoms with E-state index in [-0.39, 0.29) is 29.6 Å². The molecule has 0 aromatic carbocycles. The number of H-pyrrole nitrogens is 1. The zero-order valence-electron chi connectivity index (χ0n) is 17.1. The molecule has 2 heterocycles. The summed E-state index contributed by atoms with van der Waals surface area (Å²) in [5.74, 6) is -0.860. The lowest BCUT2D eigenvalue weighted by Gasteiger charge is -2.26. The van der Waals surface area contributed by atoms with Gasteiger partial charge in [-0.05, 0) is 53.5 Å². The van der Waals surface area contributed by atoms with Gasteiger partial charge >= 0.3 is 5.97 Å². The number of nitrogen functional groups attached to an aromatic ring is 1. The predicted octanol–water partition coefficient (Wildman–Crippen LogP) is 3.21. The summed E-state index contributed by atoms with van der Waals surface area (Å²) in [6.07, 6.45) is 2.44. The largest absolute Gasteiger partial charge is 0.461 e. The highest BCUT2D eigenvalue weighted by Crippen LogP contribution is 2.50. The van der Waals surface area contributed by atoms with Gasteiger partial charge in [-0.1, -0.05) is 0 Å². The van der Waals surface area contributed by atoms with Gasteiger partial charge in [-0.2, -0.15) is 0 Å². The summed E-state index contributed by atoms with van der Waals surface area (Å²) in [5.41, 5.74) is 7.70. The molecule has 0 amide bonds. The van der Waals surface area contributed by atoms with Crippen molar-refractivity contribution in [3.63, 3.8) is 0 Å². The molecule has 3 N–H and O–H groups in total. The van der Waals surface area contributed by atoms with Gasteiger partial charge in [0, 0.05) is 18.0 Å². The Kier molecular flexibility index (Phi) is 5.31. The number of hydrogen-bond donors (Lipinski definition) is 2. The summed E-state index contributed by atoms with van der Waals surface area (Å²) in [4.78, 5) is 15.1. The van der Waals surface area contributed by atoms with E-state index in [4.69, 9.17) is 24.7 Å².